The van der Waals surface area contributed by atoms with Crippen LogP contribution in [0.2, 0.25) is 0 Å². The van der Waals surface area contributed by atoms with Crippen LogP contribution in [-0.4, -0.2) is 33.6 Å². The Bertz CT molecular complexity index is 353. The SMILES string of the molecule is CCn1cc(CC(C)(O)C2CCCNC2)cn1. The van der Waals surface area contributed by atoms with E-state index in [1.54, 1.807) is 0 Å². The Kier molecular flexibility index (Phi) is 3.84. The zero-order chi connectivity index (χ0) is 12.3. The lowest BCUT2D eigenvalue weighted by Gasteiger charge is -2.35. The Balaban J connectivity index is 1.99. The van der Waals surface area contributed by atoms with E-state index >= 15 is 0 Å². The highest BCUT2D eigenvalue weighted by Crippen LogP contribution is 2.27. The van der Waals surface area contributed by atoms with Crippen molar-refractivity contribution in [3.63, 3.8) is 0 Å². The first-order valence-corrected chi connectivity index (χ1v) is 6.56. The molecule has 0 radical (unpaired) electrons. The van der Waals surface area contributed by atoms with Gasteiger partial charge in [0.15, 0.2) is 0 Å². The minimum atomic E-state index is -0.630. The zero-order valence-electron chi connectivity index (χ0n) is 10.8. The summed E-state index contributed by atoms with van der Waals surface area (Å²) >= 11 is 0. The second kappa shape index (κ2) is 5.19. The maximum absolute atomic E-state index is 10.6. The van der Waals surface area contributed by atoms with Gasteiger partial charge < -0.3 is 10.4 Å². The summed E-state index contributed by atoms with van der Waals surface area (Å²) in [6.45, 7) is 6.91. The lowest BCUT2D eigenvalue weighted by atomic mass is 9.80. The third kappa shape index (κ3) is 3.07. The average Bonchev–Trinajstić information content (AvgIpc) is 2.77. The first-order valence-electron chi connectivity index (χ1n) is 6.56. The van der Waals surface area contributed by atoms with Crippen molar-refractivity contribution < 1.29 is 5.11 Å². The molecule has 2 atom stereocenters. The number of aliphatic hydroxyl groups is 1. The molecule has 1 aliphatic heterocycles. The van der Waals surface area contributed by atoms with Gasteiger partial charge in [-0.25, -0.2) is 0 Å². The predicted octanol–water partition coefficient (Wildman–Crippen LogP) is 1.20. The molecule has 2 N–H and O–H groups in total. The van der Waals surface area contributed by atoms with Crippen LogP contribution in [0.3, 0.4) is 0 Å². The van der Waals surface area contributed by atoms with Crippen molar-refractivity contribution in [1.82, 2.24) is 15.1 Å². The van der Waals surface area contributed by atoms with Crippen molar-refractivity contribution in [1.29, 1.82) is 0 Å². The van der Waals surface area contributed by atoms with Gasteiger partial charge in [0.2, 0.25) is 0 Å². The number of rotatable bonds is 4. The highest BCUT2D eigenvalue weighted by atomic mass is 16.3. The van der Waals surface area contributed by atoms with Crippen LogP contribution in [0.1, 0.15) is 32.3 Å². The summed E-state index contributed by atoms with van der Waals surface area (Å²) < 4.78 is 1.91. The van der Waals surface area contributed by atoms with E-state index in [1.807, 2.05) is 24.0 Å². The number of piperidine rings is 1. The van der Waals surface area contributed by atoms with Gasteiger partial charge >= 0.3 is 0 Å². The molecule has 1 aromatic rings. The minimum absolute atomic E-state index is 0.348. The van der Waals surface area contributed by atoms with Crippen LogP contribution in [0.25, 0.3) is 0 Å². The molecule has 17 heavy (non-hydrogen) atoms. The predicted molar refractivity (Wildman–Crippen MR) is 67.8 cm³/mol. The molecule has 2 unspecified atom stereocenters. The van der Waals surface area contributed by atoms with Gasteiger partial charge in [-0.2, -0.15) is 5.10 Å². The van der Waals surface area contributed by atoms with Gasteiger partial charge in [-0.15, -0.1) is 0 Å². The fraction of sp³-hybridized carbons (Fsp3) is 0.769. The topological polar surface area (TPSA) is 50.1 Å². The second-order valence-electron chi connectivity index (χ2n) is 5.28. The van der Waals surface area contributed by atoms with Crippen molar-refractivity contribution in [2.24, 2.45) is 5.92 Å². The van der Waals surface area contributed by atoms with Crippen molar-refractivity contribution in [2.75, 3.05) is 13.1 Å². The number of nitrogens with one attached hydrogen (secondary N) is 1. The van der Waals surface area contributed by atoms with Gasteiger partial charge in [0.05, 0.1) is 11.8 Å². The number of aromatic nitrogens is 2. The van der Waals surface area contributed by atoms with E-state index in [2.05, 4.69) is 17.3 Å². The van der Waals surface area contributed by atoms with Gasteiger partial charge in [0.1, 0.15) is 0 Å². The summed E-state index contributed by atoms with van der Waals surface area (Å²) in [7, 11) is 0. The molecule has 96 valence electrons. The highest BCUT2D eigenvalue weighted by Gasteiger charge is 2.33. The molecule has 4 nitrogen and oxygen atoms in total. The normalized spacial score (nSPS) is 24.5. The fourth-order valence-corrected chi connectivity index (χ4v) is 2.61. The first-order chi connectivity index (χ1) is 8.12. The molecule has 0 bridgehead atoms. The number of aryl methyl sites for hydroxylation is 1. The molecule has 0 aliphatic carbocycles. The maximum atomic E-state index is 10.6. The molecular weight excluding hydrogens is 214 g/mol. The van der Waals surface area contributed by atoms with E-state index in [1.165, 1.54) is 0 Å². The van der Waals surface area contributed by atoms with Gasteiger partial charge in [-0.1, -0.05) is 0 Å². The van der Waals surface area contributed by atoms with Crippen LogP contribution in [0.15, 0.2) is 12.4 Å². The summed E-state index contributed by atoms with van der Waals surface area (Å²) in [5, 5.41) is 18.2. The van der Waals surface area contributed by atoms with E-state index in [0.29, 0.717) is 12.3 Å². The fourth-order valence-electron chi connectivity index (χ4n) is 2.61. The van der Waals surface area contributed by atoms with Crippen LogP contribution < -0.4 is 5.32 Å². The number of hydrogen-bond donors (Lipinski definition) is 2. The molecule has 1 aliphatic rings. The third-order valence-corrected chi connectivity index (χ3v) is 3.75. The molecule has 2 heterocycles. The van der Waals surface area contributed by atoms with Gasteiger partial charge in [0, 0.05) is 31.6 Å². The van der Waals surface area contributed by atoms with Crippen LogP contribution >= 0.6 is 0 Å². The van der Waals surface area contributed by atoms with Crippen molar-refractivity contribution >= 4 is 0 Å². The molecule has 1 saturated heterocycles. The smallest absolute Gasteiger partial charge is 0.0701 e. The molecule has 0 amide bonds. The third-order valence-electron chi connectivity index (χ3n) is 3.75. The lowest BCUT2D eigenvalue weighted by Crippen LogP contribution is -2.45. The molecule has 1 aromatic heterocycles. The summed E-state index contributed by atoms with van der Waals surface area (Å²) in [5.74, 6) is 0.348. The molecular formula is C13H23N3O. The summed E-state index contributed by atoms with van der Waals surface area (Å²) in [6.07, 6.45) is 6.87. The van der Waals surface area contributed by atoms with E-state index in [9.17, 15) is 5.11 Å². The number of hydrogen-bond acceptors (Lipinski definition) is 3. The van der Waals surface area contributed by atoms with E-state index in [0.717, 1.165) is 38.0 Å². The monoisotopic (exact) mass is 237 g/mol. The van der Waals surface area contributed by atoms with E-state index in [-0.39, 0.29) is 0 Å². The summed E-state index contributed by atoms with van der Waals surface area (Å²) in [4.78, 5) is 0. The van der Waals surface area contributed by atoms with Gasteiger partial charge in [-0.05, 0) is 38.8 Å². The second-order valence-corrected chi connectivity index (χ2v) is 5.28. The Hall–Kier alpha value is -0.870. The molecule has 4 heteroatoms. The quantitative estimate of drug-likeness (QED) is 0.827. The molecule has 0 saturated carbocycles. The first kappa shape index (κ1) is 12.6. The zero-order valence-corrected chi connectivity index (χ0v) is 10.8. The van der Waals surface area contributed by atoms with Crippen LogP contribution in [0.4, 0.5) is 0 Å². The van der Waals surface area contributed by atoms with Crippen molar-refractivity contribution in [3.05, 3.63) is 18.0 Å². The van der Waals surface area contributed by atoms with E-state index < -0.39 is 5.60 Å². The highest BCUT2D eigenvalue weighted by molar-refractivity contribution is 5.09. The van der Waals surface area contributed by atoms with Gasteiger partial charge in [0.25, 0.3) is 0 Å². The van der Waals surface area contributed by atoms with Gasteiger partial charge in [-0.3, -0.25) is 4.68 Å². The Morgan fingerprint density at radius 1 is 1.65 bits per heavy atom. The molecule has 2 rings (SSSR count). The van der Waals surface area contributed by atoms with E-state index in [4.69, 9.17) is 0 Å². The maximum Gasteiger partial charge on any atom is 0.0701 e. The van der Waals surface area contributed by atoms with Crippen LogP contribution in [0.5, 0.6) is 0 Å². The Labute approximate surface area is 103 Å². The molecule has 0 aromatic carbocycles. The standard InChI is InChI=1S/C13H23N3O/c1-3-16-10-11(8-15-16)7-13(2,17)12-5-4-6-14-9-12/h8,10,12,14,17H,3-7,9H2,1-2H3. The summed E-state index contributed by atoms with van der Waals surface area (Å²) in [5.41, 5.74) is 0.497. The average molecular weight is 237 g/mol. The van der Waals surface area contributed by atoms with Crippen LogP contribution in [-0.2, 0) is 13.0 Å². The van der Waals surface area contributed by atoms with Crippen LogP contribution in [0, 0.1) is 5.92 Å². The summed E-state index contributed by atoms with van der Waals surface area (Å²) in [6, 6.07) is 0. The Morgan fingerprint density at radius 2 is 2.47 bits per heavy atom. The molecule has 0 spiro atoms. The van der Waals surface area contributed by atoms with Crippen molar-refractivity contribution in [3.8, 4) is 0 Å². The minimum Gasteiger partial charge on any atom is -0.389 e. The lowest BCUT2D eigenvalue weighted by molar-refractivity contribution is -0.0102. The van der Waals surface area contributed by atoms with Crippen molar-refractivity contribution in [2.45, 2.75) is 45.3 Å². The number of nitrogens with zero attached hydrogens (tertiary/aromatic N) is 2. The largest absolute Gasteiger partial charge is 0.389 e. The Morgan fingerprint density at radius 3 is 3.06 bits per heavy atom. The molecule has 1 fully saturated rings.